The van der Waals surface area contributed by atoms with E-state index in [1.54, 1.807) is 0 Å². The fourth-order valence-electron chi connectivity index (χ4n) is 1.54. The third-order valence-electron chi connectivity index (χ3n) is 2.94. The molecule has 1 saturated heterocycles. The van der Waals surface area contributed by atoms with E-state index in [0.717, 1.165) is 0 Å². The lowest BCUT2D eigenvalue weighted by Gasteiger charge is -2.21. The lowest BCUT2D eigenvalue weighted by Crippen LogP contribution is -2.46. The fourth-order valence-corrected chi connectivity index (χ4v) is 1.54. The minimum absolute atomic E-state index is 0.0419. The summed E-state index contributed by atoms with van der Waals surface area (Å²) in [6, 6.07) is -0.351. The Morgan fingerprint density at radius 1 is 1.60 bits per heavy atom. The zero-order chi connectivity index (χ0) is 11.4. The van der Waals surface area contributed by atoms with E-state index < -0.39 is 6.10 Å². The molecule has 1 rings (SSSR count). The number of carbonyl (C=O) groups excluding carboxylic acids is 1. The molecule has 4 atom stereocenters. The minimum atomic E-state index is -0.425. The molecule has 0 radical (unpaired) electrons. The van der Waals surface area contributed by atoms with E-state index in [2.05, 4.69) is 10.6 Å². The molecule has 0 aromatic rings. The smallest absolute Gasteiger partial charge is 0.237 e. The number of β-amino-alcohol motifs (C(OH)–C–C–N with tert-alkyl or cyclic N) is 1. The van der Waals surface area contributed by atoms with E-state index in [4.69, 9.17) is 5.11 Å². The number of hydrogen-bond acceptors (Lipinski definition) is 4. The van der Waals surface area contributed by atoms with Gasteiger partial charge in [0.05, 0.1) is 12.1 Å². The standard InChI is InChI=1S/C10H20N2O3/c1-6(5-13)7(2)12-10(15)9-3-8(14)4-11-9/h6-9,11,13-14H,3-5H2,1-2H3,(H,12,15). The summed E-state index contributed by atoms with van der Waals surface area (Å²) in [6.07, 6.45) is 0.0396. The number of amides is 1. The maximum absolute atomic E-state index is 11.7. The first kappa shape index (κ1) is 12.4. The van der Waals surface area contributed by atoms with Crippen LogP contribution >= 0.6 is 0 Å². The maximum atomic E-state index is 11.7. The zero-order valence-corrected chi connectivity index (χ0v) is 9.23. The molecule has 4 N–H and O–H groups in total. The molecule has 0 saturated carbocycles. The van der Waals surface area contributed by atoms with Crippen molar-refractivity contribution in [3.63, 3.8) is 0 Å². The summed E-state index contributed by atoms with van der Waals surface area (Å²) in [5, 5.41) is 23.9. The second kappa shape index (κ2) is 5.44. The number of nitrogens with one attached hydrogen (secondary N) is 2. The van der Waals surface area contributed by atoms with Gasteiger partial charge in [0.25, 0.3) is 0 Å². The molecule has 1 heterocycles. The predicted octanol–water partition coefficient (Wildman–Crippen LogP) is -1.16. The van der Waals surface area contributed by atoms with E-state index >= 15 is 0 Å². The van der Waals surface area contributed by atoms with Crippen molar-refractivity contribution >= 4 is 5.91 Å². The van der Waals surface area contributed by atoms with Crippen molar-refractivity contribution in [3.05, 3.63) is 0 Å². The molecule has 0 aromatic heterocycles. The van der Waals surface area contributed by atoms with Gasteiger partial charge < -0.3 is 20.8 Å². The fraction of sp³-hybridized carbons (Fsp3) is 0.900. The van der Waals surface area contributed by atoms with E-state index in [9.17, 15) is 9.90 Å². The van der Waals surface area contributed by atoms with Crippen LogP contribution in [0, 0.1) is 5.92 Å². The molecule has 0 bridgehead atoms. The number of aliphatic hydroxyl groups is 2. The Morgan fingerprint density at radius 2 is 2.27 bits per heavy atom. The van der Waals surface area contributed by atoms with Gasteiger partial charge in [0.2, 0.25) is 5.91 Å². The van der Waals surface area contributed by atoms with Gasteiger partial charge in [-0.2, -0.15) is 0 Å². The van der Waals surface area contributed by atoms with Gasteiger partial charge in [0, 0.05) is 19.2 Å². The Balaban J connectivity index is 2.35. The van der Waals surface area contributed by atoms with Gasteiger partial charge in [-0.3, -0.25) is 4.79 Å². The SMILES string of the molecule is CC(CO)C(C)NC(=O)C1CC(O)CN1. The third kappa shape index (κ3) is 3.44. The van der Waals surface area contributed by atoms with Crippen molar-refractivity contribution < 1.29 is 15.0 Å². The van der Waals surface area contributed by atoms with E-state index in [1.807, 2.05) is 13.8 Å². The van der Waals surface area contributed by atoms with Gasteiger partial charge in [-0.25, -0.2) is 0 Å². The summed E-state index contributed by atoms with van der Waals surface area (Å²) in [7, 11) is 0. The van der Waals surface area contributed by atoms with Gasteiger partial charge >= 0.3 is 0 Å². The molecule has 1 fully saturated rings. The molecule has 88 valence electrons. The van der Waals surface area contributed by atoms with Gasteiger partial charge in [-0.1, -0.05) is 6.92 Å². The molecule has 4 unspecified atom stereocenters. The van der Waals surface area contributed by atoms with Crippen LogP contribution in [0.25, 0.3) is 0 Å². The third-order valence-corrected chi connectivity index (χ3v) is 2.94. The van der Waals surface area contributed by atoms with Crippen LogP contribution in [0.15, 0.2) is 0 Å². The predicted molar refractivity (Wildman–Crippen MR) is 56.3 cm³/mol. The summed E-state index contributed by atoms with van der Waals surface area (Å²) in [5.41, 5.74) is 0. The van der Waals surface area contributed by atoms with E-state index in [1.165, 1.54) is 0 Å². The molecule has 15 heavy (non-hydrogen) atoms. The first-order chi connectivity index (χ1) is 7.04. The number of hydrogen-bond donors (Lipinski definition) is 4. The zero-order valence-electron chi connectivity index (χ0n) is 9.23. The summed E-state index contributed by atoms with van der Waals surface area (Å²) in [5.74, 6) is -0.0559. The maximum Gasteiger partial charge on any atom is 0.237 e. The highest BCUT2D eigenvalue weighted by molar-refractivity contribution is 5.82. The molecule has 1 amide bonds. The normalized spacial score (nSPS) is 29.9. The van der Waals surface area contributed by atoms with E-state index in [-0.39, 0.29) is 30.5 Å². The molecule has 0 aromatic carbocycles. The quantitative estimate of drug-likeness (QED) is 0.478. The first-order valence-corrected chi connectivity index (χ1v) is 5.37. The summed E-state index contributed by atoms with van der Waals surface area (Å²) >= 11 is 0. The Kier molecular flexibility index (Phi) is 4.50. The summed E-state index contributed by atoms with van der Waals surface area (Å²) < 4.78 is 0. The number of aliphatic hydroxyl groups excluding tert-OH is 2. The molecular weight excluding hydrogens is 196 g/mol. The van der Waals surface area contributed by atoms with Crippen molar-refractivity contribution in [2.75, 3.05) is 13.2 Å². The average molecular weight is 216 g/mol. The highest BCUT2D eigenvalue weighted by atomic mass is 16.3. The Bertz CT molecular complexity index is 223. The van der Waals surface area contributed by atoms with Crippen molar-refractivity contribution in [2.24, 2.45) is 5.92 Å². The van der Waals surface area contributed by atoms with Gasteiger partial charge in [-0.15, -0.1) is 0 Å². The lowest BCUT2D eigenvalue weighted by atomic mass is 10.0. The number of rotatable bonds is 4. The van der Waals surface area contributed by atoms with Crippen LogP contribution in [0.3, 0.4) is 0 Å². The highest BCUT2D eigenvalue weighted by Crippen LogP contribution is 2.08. The van der Waals surface area contributed by atoms with Crippen LogP contribution in [0.1, 0.15) is 20.3 Å². The minimum Gasteiger partial charge on any atom is -0.396 e. The second-order valence-electron chi connectivity index (χ2n) is 4.31. The molecule has 5 heteroatoms. The summed E-state index contributed by atoms with van der Waals surface area (Å²) in [4.78, 5) is 11.7. The molecule has 0 spiro atoms. The molecule has 5 nitrogen and oxygen atoms in total. The largest absolute Gasteiger partial charge is 0.396 e. The second-order valence-corrected chi connectivity index (χ2v) is 4.31. The Labute approximate surface area is 89.9 Å². The monoisotopic (exact) mass is 216 g/mol. The molecular formula is C10H20N2O3. The Hall–Kier alpha value is -0.650. The van der Waals surface area contributed by atoms with Gasteiger partial charge in [0.1, 0.15) is 0 Å². The molecule has 0 aliphatic carbocycles. The highest BCUT2D eigenvalue weighted by Gasteiger charge is 2.29. The van der Waals surface area contributed by atoms with Crippen molar-refractivity contribution in [2.45, 2.75) is 38.5 Å². The van der Waals surface area contributed by atoms with Crippen LogP contribution in [0.4, 0.5) is 0 Å². The van der Waals surface area contributed by atoms with Crippen LogP contribution in [-0.4, -0.2) is 47.5 Å². The van der Waals surface area contributed by atoms with Gasteiger partial charge in [-0.05, 0) is 19.3 Å². The van der Waals surface area contributed by atoms with E-state index in [0.29, 0.717) is 13.0 Å². The Morgan fingerprint density at radius 3 is 2.73 bits per heavy atom. The number of carbonyl (C=O) groups is 1. The lowest BCUT2D eigenvalue weighted by molar-refractivity contribution is -0.123. The van der Waals surface area contributed by atoms with Crippen molar-refractivity contribution in [1.29, 1.82) is 0 Å². The molecule has 1 aliphatic heterocycles. The average Bonchev–Trinajstić information content (AvgIpc) is 2.63. The summed E-state index contributed by atoms with van der Waals surface area (Å²) in [6.45, 7) is 4.27. The van der Waals surface area contributed by atoms with Crippen molar-refractivity contribution in [1.82, 2.24) is 10.6 Å². The molecule has 1 aliphatic rings. The van der Waals surface area contributed by atoms with Crippen molar-refractivity contribution in [3.8, 4) is 0 Å². The first-order valence-electron chi connectivity index (χ1n) is 5.37. The van der Waals surface area contributed by atoms with Crippen LogP contribution in [0.5, 0.6) is 0 Å². The van der Waals surface area contributed by atoms with Crippen LogP contribution in [0.2, 0.25) is 0 Å². The van der Waals surface area contributed by atoms with Gasteiger partial charge in [0.15, 0.2) is 0 Å². The topological polar surface area (TPSA) is 81.6 Å². The van der Waals surface area contributed by atoms with Crippen LogP contribution in [-0.2, 0) is 4.79 Å². The van der Waals surface area contributed by atoms with Crippen LogP contribution < -0.4 is 10.6 Å².